The lowest BCUT2D eigenvalue weighted by Gasteiger charge is -2.32. The van der Waals surface area contributed by atoms with Crippen molar-refractivity contribution in [1.29, 1.82) is 0 Å². The summed E-state index contributed by atoms with van der Waals surface area (Å²) in [5, 5.41) is 11.5. The van der Waals surface area contributed by atoms with Gasteiger partial charge in [0.2, 0.25) is 5.91 Å². The van der Waals surface area contributed by atoms with Gasteiger partial charge in [-0.1, -0.05) is 0 Å². The van der Waals surface area contributed by atoms with Crippen LogP contribution in [0.1, 0.15) is 32.1 Å². The van der Waals surface area contributed by atoms with Crippen LogP contribution in [0.2, 0.25) is 0 Å². The molecule has 2 heterocycles. The van der Waals surface area contributed by atoms with Gasteiger partial charge in [0, 0.05) is 19.5 Å². The van der Waals surface area contributed by atoms with E-state index < -0.39 is 5.97 Å². The summed E-state index contributed by atoms with van der Waals surface area (Å²) in [5.41, 5.74) is -0.179. The molecule has 2 aliphatic heterocycles. The van der Waals surface area contributed by atoms with Gasteiger partial charge in [0.1, 0.15) is 0 Å². The van der Waals surface area contributed by atoms with E-state index in [-0.39, 0.29) is 17.7 Å². The van der Waals surface area contributed by atoms with Gasteiger partial charge in [-0.2, -0.15) is 0 Å². The Hall–Kier alpha value is -1.10. The third-order valence-electron chi connectivity index (χ3n) is 3.90. The predicted molar refractivity (Wildman–Crippen MR) is 62.6 cm³/mol. The molecule has 2 N–H and O–H groups in total. The normalized spacial score (nSPS) is 29.5. The summed E-state index contributed by atoms with van der Waals surface area (Å²) < 4.78 is 0. The first-order valence-corrected chi connectivity index (χ1v) is 6.35. The standard InChI is InChI=1S/C12H20N2O3/c15-10(16)3-1-7-14-8-5-12(9-14)4-2-6-13-11(12)17/h1-9H2,(H,13,17)(H,15,16)/t12-/m0/s1. The second kappa shape index (κ2) is 5.04. The predicted octanol–water partition coefficient (Wildman–Crippen LogP) is 0.453. The highest BCUT2D eigenvalue weighted by Gasteiger charge is 2.45. The van der Waals surface area contributed by atoms with Crippen LogP contribution in [0, 0.1) is 5.41 Å². The fourth-order valence-corrected chi connectivity index (χ4v) is 2.92. The molecule has 0 aromatic heterocycles. The van der Waals surface area contributed by atoms with E-state index in [4.69, 9.17) is 5.11 Å². The number of rotatable bonds is 4. The molecule has 0 bridgehead atoms. The van der Waals surface area contributed by atoms with E-state index in [0.29, 0.717) is 6.42 Å². The second-order valence-corrected chi connectivity index (χ2v) is 5.16. The Morgan fingerprint density at radius 1 is 1.47 bits per heavy atom. The fraction of sp³-hybridized carbons (Fsp3) is 0.833. The van der Waals surface area contributed by atoms with Gasteiger partial charge in [-0.25, -0.2) is 0 Å². The Labute approximate surface area is 101 Å². The second-order valence-electron chi connectivity index (χ2n) is 5.16. The van der Waals surface area contributed by atoms with Crippen LogP contribution >= 0.6 is 0 Å². The number of nitrogens with one attached hydrogen (secondary N) is 1. The number of piperidine rings is 1. The zero-order valence-electron chi connectivity index (χ0n) is 10.1. The first-order valence-electron chi connectivity index (χ1n) is 6.35. The summed E-state index contributed by atoms with van der Waals surface area (Å²) in [6.45, 7) is 3.33. The third kappa shape index (κ3) is 2.77. The van der Waals surface area contributed by atoms with E-state index in [0.717, 1.165) is 45.4 Å². The quantitative estimate of drug-likeness (QED) is 0.748. The van der Waals surface area contributed by atoms with Crippen LogP contribution in [0.4, 0.5) is 0 Å². The molecule has 96 valence electrons. The van der Waals surface area contributed by atoms with Crippen molar-refractivity contribution in [1.82, 2.24) is 10.2 Å². The Kier molecular flexibility index (Phi) is 3.66. The zero-order valence-corrected chi connectivity index (χ0v) is 10.1. The molecule has 1 amide bonds. The van der Waals surface area contributed by atoms with E-state index in [1.807, 2.05) is 0 Å². The Morgan fingerprint density at radius 2 is 2.29 bits per heavy atom. The van der Waals surface area contributed by atoms with Crippen molar-refractivity contribution in [3.05, 3.63) is 0 Å². The molecule has 1 atom stereocenters. The van der Waals surface area contributed by atoms with Crippen LogP contribution in [0.25, 0.3) is 0 Å². The summed E-state index contributed by atoms with van der Waals surface area (Å²) in [4.78, 5) is 24.6. The van der Waals surface area contributed by atoms with E-state index >= 15 is 0 Å². The lowest BCUT2D eigenvalue weighted by Crippen LogP contribution is -2.47. The molecule has 17 heavy (non-hydrogen) atoms. The van der Waals surface area contributed by atoms with E-state index in [1.165, 1.54) is 0 Å². The van der Waals surface area contributed by atoms with E-state index in [9.17, 15) is 9.59 Å². The number of hydrogen-bond donors (Lipinski definition) is 2. The van der Waals surface area contributed by atoms with Gasteiger partial charge >= 0.3 is 5.97 Å². The maximum atomic E-state index is 11.9. The molecule has 0 aromatic carbocycles. The van der Waals surface area contributed by atoms with Crippen molar-refractivity contribution in [2.24, 2.45) is 5.41 Å². The molecule has 5 heteroatoms. The summed E-state index contributed by atoms with van der Waals surface area (Å²) >= 11 is 0. The average molecular weight is 240 g/mol. The largest absolute Gasteiger partial charge is 0.481 e. The minimum atomic E-state index is -0.741. The minimum Gasteiger partial charge on any atom is -0.481 e. The number of aliphatic carboxylic acids is 1. The van der Waals surface area contributed by atoms with Crippen LogP contribution in [0.5, 0.6) is 0 Å². The van der Waals surface area contributed by atoms with Gasteiger partial charge in [0.05, 0.1) is 5.41 Å². The first-order chi connectivity index (χ1) is 8.12. The number of likely N-dealkylation sites (tertiary alicyclic amines) is 1. The van der Waals surface area contributed by atoms with Crippen molar-refractivity contribution >= 4 is 11.9 Å². The molecule has 2 rings (SSSR count). The molecule has 5 nitrogen and oxygen atoms in total. The van der Waals surface area contributed by atoms with Gasteiger partial charge in [0.25, 0.3) is 0 Å². The highest BCUT2D eigenvalue weighted by molar-refractivity contribution is 5.84. The van der Waals surface area contributed by atoms with Crippen molar-refractivity contribution in [2.75, 3.05) is 26.2 Å². The molecule has 2 saturated heterocycles. The van der Waals surface area contributed by atoms with Crippen molar-refractivity contribution < 1.29 is 14.7 Å². The summed E-state index contributed by atoms with van der Waals surface area (Å²) in [6, 6.07) is 0. The number of amides is 1. The Morgan fingerprint density at radius 3 is 3.00 bits per heavy atom. The summed E-state index contributed by atoms with van der Waals surface area (Å²) in [5.74, 6) is -0.543. The topological polar surface area (TPSA) is 69.6 Å². The monoisotopic (exact) mass is 240 g/mol. The maximum Gasteiger partial charge on any atom is 0.303 e. The molecule has 0 saturated carbocycles. The van der Waals surface area contributed by atoms with Crippen LogP contribution in [0.3, 0.4) is 0 Å². The Balaban J connectivity index is 1.82. The van der Waals surface area contributed by atoms with Crippen molar-refractivity contribution in [3.8, 4) is 0 Å². The summed E-state index contributed by atoms with van der Waals surface area (Å²) in [6.07, 6.45) is 3.86. The highest BCUT2D eigenvalue weighted by atomic mass is 16.4. The maximum absolute atomic E-state index is 11.9. The van der Waals surface area contributed by atoms with Crippen LogP contribution in [-0.2, 0) is 9.59 Å². The van der Waals surface area contributed by atoms with Gasteiger partial charge in [-0.15, -0.1) is 0 Å². The SMILES string of the molecule is O=C(O)CCCN1CC[C@@]2(CCCNC2=O)C1. The fourth-order valence-electron chi connectivity index (χ4n) is 2.92. The number of carboxylic acid groups (broad SMARTS) is 1. The van der Waals surface area contributed by atoms with Crippen LogP contribution in [-0.4, -0.2) is 48.1 Å². The number of nitrogens with zero attached hydrogens (tertiary/aromatic N) is 1. The molecular formula is C12H20N2O3. The third-order valence-corrected chi connectivity index (χ3v) is 3.90. The molecule has 0 radical (unpaired) electrons. The Bertz CT molecular complexity index is 319. The lowest BCUT2D eigenvalue weighted by atomic mass is 9.79. The van der Waals surface area contributed by atoms with E-state index in [1.54, 1.807) is 0 Å². The number of carbonyl (C=O) groups is 2. The van der Waals surface area contributed by atoms with Gasteiger partial charge in [-0.3, -0.25) is 9.59 Å². The van der Waals surface area contributed by atoms with Gasteiger partial charge in [0.15, 0.2) is 0 Å². The smallest absolute Gasteiger partial charge is 0.303 e. The van der Waals surface area contributed by atoms with Gasteiger partial charge in [-0.05, 0) is 38.8 Å². The van der Waals surface area contributed by atoms with E-state index in [2.05, 4.69) is 10.2 Å². The zero-order chi connectivity index (χ0) is 12.3. The highest BCUT2D eigenvalue weighted by Crippen LogP contribution is 2.37. The number of hydrogen-bond acceptors (Lipinski definition) is 3. The average Bonchev–Trinajstić information content (AvgIpc) is 2.67. The van der Waals surface area contributed by atoms with Crippen LogP contribution in [0.15, 0.2) is 0 Å². The first kappa shape index (κ1) is 12.4. The number of carboxylic acids is 1. The van der Waals surface area contributed by atoms with Crippen molar-refractivity contribution in [3.63, 3.8) is 0 Å². The molecule has 1 spiro atoms. The molecule has 2 fully saturated rings. The molecular weight excluding hydrogens is 220 g/mol. The summed E-state index contributed by atoms with van der Waals surface area (Å²) in [7, 11) is 0. The molecule has 0 unspecified atom stereocenters. The minimum absolute atomic E-state index is 0.179. The van der Waals surface area contributed by atoms with Crippen molar-refractivity contribution in [2.45, 2.75) is 32.1 Å². The van der Waals surface area contributed by atoms with Gasteiger partial charge < -0.3 is 15.3 Å². The molecule has 2 aliphatic rings. The lowest BCUT2D eigenvalue weighted by molar-refractivity contribution is -0.137. The molecule has 0 aromatic rings. The molecule has 0 aliphatic carbocycles. The van der Waals surface area contributed by atoms with Crippen LogP contribution < -0.4 is 5.32 Å². The number of carbonyl (C=O) groups excluding carboxylic acids is 1.